The predicted molar refractivity (Wildman–Crippen MR) is 92.4 cm³/mol. The standard InChI is InChI=1S/C18H24N4O/c1-12(2)10-20-18-21-14(4)9-16(22-18)17(23)19-11-15-7-5-6-13(3)8-15/h5-9,12H,10-11H2,1-4H3,(H,19,23)(H,20,21,22). The molecule has 1 heterocycles. The zero-order valence-corrected chi connectivity index (χ0v) is 14.2. The van der Waals surface area contributed by atoms with Crippen molar-refractivity contribution in [3.05, 3.63) is 52.8 Å². The summed E-state index contributed by atoms with van der Waals surface area (Å²) in [6, 6.07) is 9.77. The van der Waals surface area contributed by atoms with E-state index in [1.807, 2.05) is 32.0 Å². The SMILES string of the molecule is Cc1cccc(CNC(=O)c2cc(C)nc(NCC(C)C)n2)c1. The van der Waals surface area contributed by atoms with Gasteiger partial charge in [-0.15, -0.1) is 0 Å². The molecule has 0 unspecified atom stereocenters. The van der Waals surface area contributed by atoms with Gasteiger partial charge in [0.05, 0.1) is 0 Å². The Labute approximate surface area is 137 Å². The van der Waals surface area contributed by atoms with E-state index in [0.29, 0.717) is 24.1 Å². The van der Waals surface area contributed by atoms with Crippen molar-refractivity contribution in [2.45, 2.75) is 34.2 Å². The minimum Gasteiger partial charge on any atom is -0.354 e. The maximum Gasteiger partial charge on any atom is 0.270 e. The van der Waals surface area contributed by atoms with Crippen molar-refractivity contribution < 1.29 is 4.79 Å². The molecule has 0 aliphatic heterocycles. The van der Waals surface area contributed by atoms with Gasteiger partial charge in [-0.2, -0.15) is 0 Å². The second-order valence-electron chi connectivity index (χ2n) is 6.16. The molecule has 0 spiro atoms. The lowest BCUT2D eigenvalue weighted by Gasteiger charge is -2.10. The topological polar surface area (TPSA) is 66.9 Å². The minimum absolute atomic E-state index is 0.190. The van der Waals surface area contributed by atoms with Gasteiger partial charge in [-0.25, -0.2) is 9.97 Å². The van der Waals surface area contributed by atoms with Gasteiger partial charge in [0, 0.05) is 18.8 Å². The van der Waals surface area contributed by atoms with Crippen LogP contribution in [0.15, 0.2) is 30.3 Å². The molecule has 2 aromatic rings. The van der Waals surface area contributed by atoms with Crippen molar-refractivity contribution >= 4 is 11.9 Å². The van der Waals surface area contributed by atoms with E-state index in [2.05, 4.69) is 40.5 Å². The molecule has 0 saturated carbocycles. The maximum atomic E-state index is 12.3. The molecule has 0 bridgehead atoms. The molecular formula is C18H24N4O. The van der Waals surface area contributed by atoms with Gasteiger partial charge < -0.3 is 10.6 Å². The molecule has 0 saturated heterocycles. The first-order chi connectivity index (χ1) is 10.9. The van der Waals surface area contributed by atoms with Crippen LogP contribution in [0.2, 0.25) is 0 Å². The summed E-state index contributed by atoms with van der Waals surface area (Å²) in [5.41, 5.74) is 3.40. The molecule has 122 valence electrons. The van der Waals surface area contributed by atoms with E-state index >= 15 is 0 Å². The zero-order chi connectivity index (χ0) is 16.8. The van der Waals surface area contributed by atoms with Crippen LogP contribution in [-0.2, 0) is 6.54 Å². The highest BCUT2D eigenvalue weighted by Gasteiger charge is 2.10. The highest BCUT2D eigenvalue weighted by Crippen LogP contribution is 2.07. The van der Waals surface area contributed by atoms with Gasteiger partial charge in [-0.1, -0.05) is 43.7 Å². The third-order valence-electron chi connectivity index (χ3n) is 3.29. The van der Waals surface area contributed by atoms with E-state index in [0.717, 1.165) is 17.8 Å². The molecule has 0 aliphatic rings. The first-order valence-corrected chi connectivity index (χ1v) is 7.87. The smallest absolute Gasteiger partial charge is 0.270 e. The fourth-order valence-electron chi connectivity index (χ4n) is 2.15. The number of aryl methyl sites for hydroxylation is 2. The Kier molecular flexibility index (Phi) is 5.68. The Morgan fingerprint density at radius 2 is 1.96 bits per heavy atom. The van der Waals surface area contributed by atoms with Crippen LogP contribution >= 0.6 is 0 Å². The highest BCUT2D eigenvalue weighted by molar-refractivity contribution is 5.92. The Balaban J connectivity index is 2.03. The normalized spacial score (nSPS) is 10.7. The maximum absolute atomic E-state index is 12.3. The summed E-state index contributed by atoms with van der Waals surface area (Å²) < 4.78 is 0. The summed E-state index contributed by atoms with van der Waals surface area (Å²) in [6.07, 6.45) is 0. The lowest BCUT2D eigenvalue weighted by Crippen LogP contribution is -2.25. The third-order valence-corrected chi connectivity index (χ3v) is 3.29. The van der Waals surface area contributed by atoms with E-state index in [4.69, 9.17) is 0 Å². The number of rotatable bonds is 6. The molecule has 0 fully saturated rings. The average Bonchev–Trinajstić information content (AvgIpc) is 2.50. The molecule has 0 atom stereocenters. The molecule has 1 amide bonds. The van der Waals surface area contributed by atoms with Gasteiger partial charge >= 0.3 is 0 Å². The third kappa shape index (κ3) is 5.36. The number of benzene rings is 1. The predicted octanol–water partition coefficient (Wildman–Crippen LogP) is 3.09. The number of nitrogens with one attached hydrogen (secondary N) is 2. The summed E-state index contributed by atoms with van der Waals surface area (Å²) in [4.78, 5) is 20.9. The van der Waals surface area contributed by atoms with Crippen molar-refractivity contribution in [1.29, 1.82) is 0 Å². The van der Waals surface area contributed by atoms with E-state index in [1.54, 1.807) is 6.07 Å². The second kappa shape index (κ2) is 7.72. The molecule has 1 aromatic carbocycles. The molecule has 0 radical (unpaired) electrons. The van der Waals surface area contributed by atoms with Crippen molar-refractivity contribution in [3.8, 4) is 0 Å². The molecule has 23 heavy (non-hydrogen) atoms. The van der Waals surface area contributed by atoms with Crippen LogP contribution in [0.1, 0.15) is 41.2 Å². The fourth-order valence-corrected chi connectivity index (χ4v) is 2.15. The highest BCUT2D eigenvalue weighted by atomic mass is 16.1. The van der Waals surface area contributed by atoms with E-state index in [1.165, 1.54) is 5.56 Å². The first kappa shape index (κ1) is 16.9. The van der Waals surface area contributed by atoms with Crippen molar-refractivity contribution in [2.24, 2.45) is 5.92 Å². The van der Waals surface area contributed by atoms with Gasteiger partial charge in [-0.05, 0) is 31.4 Å². The Morgan fingerprint density at radius 1 is 1.17 bits per heavy atom. The molecule has 2 N–H and O–H groups in total. The van der Waals surface area contributed by atoms with Gasteiger partial charge in [0.1, 0.15) is 5.69 Å². The van der Waals surface area contributed by atoms with Crippen LogP contribution < -0.4 is 10.6 Å². The number of aromatic nitrogens is 2. The fraction of sp³-hybridized carbons (Fsp3) is 0.389. The van der Waals surface area contributed by atoms with E-state index < -0.39 is 0 Å². The molecule has 1 aromatic heterocycles. The second-order valence-corrected chi connectivity index (χ2v) is 6.16. The lowest BCUT2D eigenvalue weighted by atomic mass is 10.1. The molecule has 0 aliphatic carbocycles. The Hall–Kier alpha value is -2.43. The van der Waals surface area contributed by atoms with Crippen molar-refractivity contribution in [1.82, 2.24) is 15.3 Å². The average molecular weight is 312 g/mol. The molecular weight excluding hydrogens is 288 g/mol. The minimum atomic E-state index is -0.190. The number of carbonyl (C=O) groups excluding carboxylic acids is 1. The van der Waals surface area contributed by atoms with Gasteiger partial charge in [0.25, 0.3) is 5.91 Å². The van der Waals surface area contributed by atoms with Crippen LogP contribution in [0.4, 0.5) is 5.95 Å². The zero-order valence-electron chi connectivity index (χ0n) is 14.2. The Bertz CT molecular complexity index is 682. The number of amides is 1. The van der Waals surface area contributed by atoms with Crippen LogP contribution in [0, 0.1) is 19.8 Å². The number of hydrogen-bond donors (Lipinski definition) is 2. The summed E-state index contributed by atoms with van der Waals surface area (Å²) in [6.45, 7) is 9.37. The summed E-state index contributed by atoms with van der Waals surface area (Å²) >= 11 is 0. The Morgan fingerprint density at radius 3 is 2.65 bits per heavy atom. The molecule has 5 nitrogen and oxygen atoms in total. The quantitative estimate of drug-likeness (QED) is 0.860. The van der Waals surface area contributed by atoms with Crippen LogP contribution in [0.5, 0.6) is 0 Å². The summed E-state index contributed by atoms with van der Waals surface area (Å²) in [5.74, 6) is 0.793. The number of carbonyl (C=O) groups is 1. The van der Waals surface area contributed by atoms with E-state index in [-0.39, 0.29) is 5.91 Å². The number of nitrogens with zero attached hydrogens (tertiary/aromatic N) is 2. The van der Waals surface area contributed by atoms with E-state index in [9.17, 15) is 4.79 Å². The number of hydrogen-bond acceptors (Lipinski definition) is 4. The van der Waals surface area contributed by atoms with Gasteiger partial charge in [0.15, 0.2) is 0 Å². The van der Waals surface area contributed by atoms with Gasteiger partial charge in [-0.3, -0.25) is 4.79 Å². The van der Waals surface area contributed by atoms with Crippen molar-refractivity contribution in [3.63, 3.8) is 0 Å². The first-order valence-electron chi connectivity index (χ1n) is 7.87. The van der Waals surface area contributed by atoms with Crippen LogP contribution in [0.25, 0.3) is 0 Å². The molecule has 5 heteroatoms. The largest absolute Gasteiger partial charge is 0.354 e. The van der Waals surface area contributed by atoms with Crippen LogP contribution in [0.3, 0.4) is 0 Å². The van der Waals surface area contributed by atoms with Crippen molar-refractivity contribution in [2.75, 3.05) is 11.9 Å². The van der Waals surface area contributed by atoms with Crippen LogP contribution in [-0.4, -0.2) is 22.4 Å². The summed E-state index contributed by atoms with van der Waals surface area (Å²) in [7, 11) is 0. The monoisotopic (exact) mass is 312 g/mol. The number of anilines is 1. The summed E-state index contributed by atoms with van der Waals surface area (Å²) in [5, 5.41) is 6.06. The van der Waals surface area contributed by atoms with Gasteiger partial charge in [0.2, 0.25) is 5.95 Å². The lowest BCUT2D eigenvalue weighted by molar-refractivity contribution is 0.0945. The molecule has 2 rings (SSSR count).